The molecule has 1 aromatic heterocycles. The normalized spacial score (nSPS) is 14.7. The third kappa shape index (κ3) is 1.90. The fraction of sp³-hybridized carbons (Fsp3) is 0.286. The van der Waals surface area contributed by atoms with Gasteiger partial charge in [-0.1, -0.05) is 17.3 Å². The molecule has 0 N–H and O–H groups in total. The number of hydrogen-bond acceptors (Lipinski definition) is 4. The van der Waals surface area contributed by atoms with Gasteiger partial charge < -0.3 is 9.42 Å². The second-order valence-corrected chi connectivity index (χ2v) is 4.55. The van der Waals surface area contributed by atoms with Gasteiger partial charge in [0, 0.05) is 30.3 Å². The first-order valence-electron chi connectivity index (χ1n) is 6.03. The van der Waals surface area contributed by atoms with Crippen molar-refractivity contribution in [2.24, 2.45) is 0 Å². The van der Waals surface area contributed by atoms with Crippen LogP contribution in [0.15, 0.2) is 34.9 Å². The Labute approximate surface area is 105 Å². The number of para-hydroxylation sites is 1. The van der Waals surface area contributed by atoms with E-state index in [0.29, 0.717) is 13.0 Å². The first kappa shape index (κ1) is 11.0. The van der Waals surface area contributed by atoms with Gasteiger partial charge in [0.05, 0.1) is 12.2 Å². The highest BCUT2D eigenvalue weighted by Crippen LogP contribution is 2.28. The Hall–Kier alpha value is -2.10. The molecule has 0 bridgehead atoms. The highest BCUT2D eigenvalue weighted by Gasteiger charge is 2.23. The van der Waals surface area contributed by atoms with E-state index in [1.807, 2.05) is 37.3 Å². The maximum atomic E-state index is 11.8. The van der Waals surface area contributed by atoms with Crippen molar-refractivity contribution in [2.75, 3.05) is 11.4 Å². The summed E-state index contributed by atoms with van der Waals surface area (Å²) < 4.78 is 5.23. The molecule has 3 rings (SSSR count). The van der Waals surface area contributed by atoms with Gasteiger partial charge in [-0.15, -0.1) is 0 Å². The summed E-state index contributed by atoms with van der Waals surface area (Å²) in [7, 11) is 0. The molecule has 0 unspecified atom stereocenters. The molecule has 18 heavy (non-hydrogen) atoms. The maximum Gasteiger partial charge on any atom is 0.166 e. The smallest absolute Gasteiger partial charge is 0.166 e. The number of anilines is 1. The molecule has 0 fully saturated rings. The number of carbonyl (C=O) groups is 1. The highest BCUT2D eigenvalue weighted by atomic mass is 16.5. The van der Waals surface area contributed by atoms with Crippen LogP contribution < -0.4 is 4.90 Å². The number of Topliss-reactive ketones (excluding diaryl/α,β-unsaturated/α-hetero) is 1. The minimum Gasteiger partial charge on any atom is -0.363 e. The number of nitrogens with zero attached hydrogens (tertiary/aromatic N) is 2. The Balaban J connectivity index is 1.90. The zero-order valence-electron chi connectivity index (χ0n) is 10.2. The molecule has 0 atom stereocenters. The molecule has 92 valence electrons. The van der Waals surface area contributed by atoms with Crippen LogP contribution >= 0.6 is 0 Å². The lowest BCUT2D eigenvalue weighted by atomic mass is 10.0. The second-order valence-electron chi connectivity index (χ2n) is 4.55. The Kier molecular flexibility index (Phi) is 2.63. The molecule has 0 saturated heterocycles. The van der Waals surface area contributed by atoms with Crippen molar-refractivity contribution >= 4 is 11.5 Å². The summed E-state index contributed by atoms with van der Waals surface area (Å²) in [4.78, 5) is 14.0. The molecule has 1 aliphatic rings. The lowest BCUT2D eigenvalue weighted by Crippen LogP contribution is -2.31. The van der Waals surface area contributed by atoms with E-state index in [2.05, 4.69) is 10.1 Å². The quantitative estimate of drug-likeness (QED) is 0.812. The zero-order chi connectivity index (χ0) is 12.5. The van der Waals surface area contributed by atoms with Crippen molar-refractivity contribution in [2.45, 2.75) is 19.9 Å². The van der Waals surface area contributed by atoms with E-state index in [9.17, 15) is 4.79 Å². The SMILES string of the molecule is Cc1cc(CN2CCC(=O)c3ccccc32)on1. The number of rotatable bonds is 2. The van der Waals surface area contributed by atoms with Gasteiger partial charge in [0.15, 0.2) is 11.5 Å². The monoisotopic (exact) mass is 242 g/mol. The van der Waals surface area contributed by atoms with Gasteiger partial charge in [-0.3, -0.25) is 4.79 Å². The molecule has 2 heterocycles. The van der Waals surface area contributed by atoms with Gasteiger partial charge in [-0.2, -0.15) is 0 Å². The minimum absolute atomic E-state index is 0.218. The predicted octanol–water partition coefficient (Wildman–Crippen LogP) is 2.58. The van der Waals surface area contributed by atoms with Crippen molar-refractivity contribution in [1.82, 2.24) is 5.16 Å². The zero-order valence-corrected chi connectivity index (χ0v) is 10.2. The van der Waals surface area contributed by atoms with Crippen LogP contribution in [0.25, 0.3) is 0 Å². The lowest BCUT2D eigenvalue weighted by molar-refractivity contribution is 0.0979. The average molecular weight is 242 g/mol. The van der Waals surface area contributed by atoms with Crippen LogP contribution in [0.4, 0.5) is 5.69 Å². The number of aryl methyl sites for hydroxylation is 1. The topological polar surface area (TPSA) is 46.3 Å². The van der Waals surface area contributed by atoms with Gasteiger partial charge in [-0.05, 0) is 19.1 Å². The molecular weight excluding hydrogens is 228 g/mol. The molecule has 0 spiro atoms. The van der Waals surface area contributed by atoms with E-state index in [1.54, 1.807) is 0 Å². The number of aromatic nitrogens is 1. The number of fused-ring (bicyclic) bond motifs is 1. The molecule has 1 aliphatic heterocycles. The van der Waals surface area contributed by atoms with E-state index < -0.39 is 0 Å². The van der Waals surface area contributed by atoms with Crippen molar-refractivity contribution in [3.63, 3.8) is 0 Å². The van der Waals surface area contributed by atoms with Crippen LogP contribution in [0.5, 0.6) is 0 Å². The van der Waals surface area contributed by atoms with E-state index >= 15 is 0 Å². The molecule has 4 heteroatoms. The molecular formula is C14H14N2O2. The van der Waals surface area contributed by atoms with Crippen molar-refractivity contribution in [3.05, 3.63) is 47.3 Å². The van der Waals surface area contributed by atoms with E-state index in [-0.39, 0.29) is 5.78 Å². The summed E-state index contributed by atoms with van der Waals surface area (Å²) in [6.45, 7) is 3.29. The van der Waals surface area contributed by atoms with Crippen molar-refractivity contribution in [1.29, 1.82) is 0 Å². The fourth-order valence-corrected chi connectivity index (χ4v) is 2.32. The standard InChI is InChI=1S/C14H14N2O2/c1-10-8-11(18-15-10)9-16-7-6-14(17)12-4-2-3-5-13(12)16/h2-5,8H,6-7,9H2,1H3. The van der Waals surface area contributed by atoms with Gasteiger partial charge in [0.1, 0.15) is 0 Å². The predicted molar refractivity (Wildman–Crippen MR) is 67.7 cm³/mol. The summed E-state index contributed by atoms with van der Waals surface area (Å²) in [6, 6.07) is 9.65. The Morgan fingerprint density at radius 2 is 2.22 bits per heavy atom. The van der Waals surface area contributed by atoms with Gasteiger partial charge in [0.2, 0.25) is 0 Å². The molecule has 0 radical (unpaired) electrons. The van der Waals surface area contributed by atoms with Crippen molar-refractivity contribution < 1.29 is 9.32 Å². The second kappa shape index (κ2) is 4.29. The maximum absolute atomic E-state index is 11.8. The van der Waals surface area contributed by atoms with E-state index in [4.69, 9.17) is 4.52 Å². The Morgan fingerprint density at radius 1 is 1.39 bits per heavy atom. The average Bonchev–Trinajstić information content (AvgIpc) is 2.79. The molecule has 4 nitrogen and oxygen atoms in total. The van der Waals surface area contributed by atoms with Gasteiger partial charge in [0.25, 0.3) is 0 Å². The molecule has 1 aromatic carbocycles. The molecule has 0 aliphatic carbocycles. The first-order valence-corrected chi connectivity index (χ1v) is 6.03. The summed E-state index contributed by atoms with van der Waals surface area (Å²) in [6.07, 6.45) is 0.560. The van der Waals surface area contributed by atoms with Gasteiger partial charge in [-0.25, -0.2) is 0 Å². The lowest BCUT2D eigenvalue weighted by Gasteiger charge is -2.29. The van der Waals surface area contributed by atoms with Crippen LogP contribution in [0.2, 0.25) is 0 Å². The Bertz CT molecular complexity index is 589. The fourth-order valence-electron chi connectivity index (χ4n) is 2.32. The summed E-state index contributed by atoms with van der Waals surface area (Å²) in [5, 5.41) is 3.88. The minimum atomic E-state index is 0.218. The third-order valence-corrected chi connectivity index (χ3v) is 3.18. The van der Waals surface area contributed by atoms with Crippen LogP contribution in [0.1, 0.15) is 28.2 Å². The number of ketones is 1. The first-order chi connectivity index (χ1) is 8.74. The highest BCUT2D eigenvalue weighted by molar-refractivity contribution is 6.03. The molecule has 0 amide bonds. The van der Waals surface area contributed by atoms with Crippen LogP contribution in [-0.2, 0) is 6.54 Å². The van der Waals surface area contributed by atoms with Crippen molar-refractivity contribution in [3.8, 4) is 0 Å². The summed E-state index contributed by atoms with van der Waals surface area (Å²) >= 11 is 0. The summed E-state index contributed by atoms with van der Waals surface area (Å²) in [5.74, 6) is 1.05. The van der Waals surface area contributed by atoms with E-state index in [0.717, 1.165) is 29.2 Å². The van der Waals surface area contributed by atoms with Crippen LogP contribution in [0, 0.1) is 6.92 Å². The van der Waals surface area contributed by atoms with Gasteiger partial charge >= 0.3 is 0 Å². The number of carbonyl (C=O) groups excluding carboxylic acids is 1. The number of benzene rings is 1. The van der Waals surface area contributed by atoms with E-state index in [1.165, 1.54) is 0 Å². The largest absolute Gasteiger partial charge is 0.363 e. The molecule has 0 saturated carbocycles. The Morgan fingerprint density at radius 3 is 3.00 bits per heavy atom. The molecule has 2 aromatic rings. The third-order valence-electron chi connectivity index (χ3n) is 3.18. The number of hydrogen-bond donors (Lipinski definition) is 0. The van der Waals surface area contributed by atoms with Crippen LogP contribution in [-0.4, -0.2) is 17.5 Å². The van der Waals surface area contributed by atoms with Crippen LogP contribution in [0.3, 0.4) is 0 Å². The summed E-state index contributed by atoms with van der Waals surface area (Å²) in [5.41, 5.74) is 2.68.